The van der Waals surface area contributed by atoms with Gasteiger partial charge in [0.15, 0.2) is 11.9 Å². The van der Waals surface area contributed by atoms with Crippen molar-refractivity contribution < 1.29 is 18.8 Å². The van der Waals surface area contributed by atoms with Crippen LogP contribution >= 0.6 is 0 Å². The molecule has 0 unspecified atom stereocenters. The number of aryl methyl sites for hydroxylation is 1. The minimum Gasteiger partial charge on any atom is -0.477 e. The lowest BCUT2D eigenvalue weighted by molar-refractivity contribution is -0.142. The predicted octanol–water partition coefficient (Wildman–Crippen LogP) is 1.65. The van der Waals surface area contributed by atoms with E-state index in [0.29, 0.717) is 56.9 Å². The van der Waals surface area contributed by atoms with E-state index < -0.39 is 6.10 Å². The number of para-hydroxylation sites is 2. The van der Waals surface area contributed by atoms with E-state index in [1.54, 1.807) is 0 Å². The molecule has 1 fully saturated rings. The number of hydrogen-bond acceptors (Lipinski definition) is 7. The van der Waals surface area contributed by atoms with Crippen LogP contribution in [0.4, 0.5) is 5.69 Å². The van der Waals surface area contributed by atoms with Gasteiger partial charge in [-0.25, -0.2) is 0 Å². The van der Waals surface area contributed by atoms with Crippen LogP contribution in [-0.2, 0) is 22.5 Å². The first-order chi connectivity index (χ1) is 13.2. The first kappa shape index (κ1) is 17.8. The zero-order chi connectivity index (χ0) is 18.6. The lowest BCUT2D eigenvalue weighted by Gasteiger charge is -2.37. The average Bonchev–Trinajstić information content (AvgIpc) is 3.15. The van der Waals surface area contributed by atoms with Gasteiger partial charge < -0.3 is 23.8 Å². The van der Waals surface area contributed by atoms with Crippen molar-refractivity contribution in [2.45, 2.75) is 32.4 Å². The van der Waals surface area contributed by atoms with Crippen LogP contribution in [0, 0.1) is 0 Å². The molecule has 8 heteroatoms. The lowest BCUT2D eigenvalue weighted by atomic mass is 10.1. The van der Waals surface area contributed by atoms with Gasteiger partial charge in [0, 0.05) is 19.5 Å². The summed E-state index contributed by atoms with van der Waals surface area (Å²) < 4.78 is 16.7. The second-order valence-corrected chi connectivity index (χ2v) is 6.75. The molecule has 27 heavy (non-hydrogen) atoms. The third kappa shape index (κ3) is 3.90. The van der Waals surface area contributed by atoms with Crippen molar-refractivity contribution in [3.8, 4) is 5.75 Å². The summed E-state index contributed by atoms with van der Waals surface area (Å²) in [4.78, 5) is 21.3. The fraction of sp³-hybridized carbons (Fsp3) is 0.526. The zero-order valence-corrected chi connectivity index (χ0v) is 15.5. The van der Waals surface area contributed by atoms with Crippen molar-refractivity contribution in [1.82, 2.24) is 15.0 Å². The van der Waals surface area contributed by atoms with Crippen LogP contribution in [0.5, 0.6) is 5.75 Å². The second-order valence-electron chi connectivity index (χ2n) is 6.75. The van der Waals surface area contributed by atoms with Gasteiger partial charge in [0.05, 0.1) is 32.0 Å². The Kier molecular flexibility index (Phi) is 5.24. The highest BCUT2D eigenvalue weighted by molar-refractivity contribution is 5.83. The number of carbonyl (C=O) groups is 1. The number of hydrogen-bond donors (Lipinski definition) is 0. The molecular weight excluding hydrogens is 348 g/mol. The highest BCUT2D eigenvalue weighted by Gasteiger charge is 2.34. The Balaban J connectivity index is 1.53. The Labute approximate surface area is 158 Å². The third-order valence-electron chi connectivity index (χ3n) is 4.77. The Morgan fingerprint density at radius 1 is 1.26 bits per heavy atom. The monoisotopic (exact) mass is 372 g/mol. The van der Waals surface area contributed by atoms with Crippen molar-refractivity contribution in [1.29, 1.82) is 0 Å². The van der Waals surface area contributed by atoms with Crippen molar-refractivity contribution in [2.24, 2.45) is 0 Å². The predicted molar refractivity (Wildman–Crippen MR) is 97.6 cm³/mol. The zero-order valence-electron chi connectivity index (χ0n) is 15.5. The molecule has 2 aliphatic rings. The number of fused-ring (bicyclic) bond motifs is 1. The molecule has 144 valence electrons. The molecule has 0 saturated carbocycles. The van der Waals surface area contributed by atoms with Crippen LogP contribution in [0.2, 0.25) is 0 Å². The summed E-state index contributed by atoms with van der Waals surface area (Å²) in [6.45, 7) is 5.34. The summed E-state index contributed by atoms with van der Waals surface area (Å²) >= 11 is 0. The highest BCUT2D eigenvalue weighted by Crippen LogP contribution is 2.34. The number of anilines is 1. The maximum absolute atomic E-state index is 12.9. The fourth-order valence-corrected chi connectivity index (χ4v) is 3.41. The highest BCUT2D eigenvalue weighted by atomic mass is 16.5. The van der Waals surface area contributed by atoms with E-state index >= 15 is 0 Å². The molecule has 0 radical (unpaired) electrons. The van der Waals surface area contributed by atoms with Crippen LogP contribution in [-0.4, -0.2) is 59.9 Å². The van der Waals surface area contributed by atoms with Gasteiger partial charge in [0.2, 0.25) is 5.89 Å². The van der Waals surface area contributed by atoms with Crippen LogP contribution in [0.15, 0.2) is 28.8 Å². The summed E-state index contributed by atoms with van der Waals surface area (Å²) in [5.41, 5.74) is 0.936. The van der Waals surface area contributed by atoms with Gasteiger partial charge in [-0.2, -0.15) is 4.98 Å². The molecule has 0 bridgehead atoms. The molecule has 2 aliphatic heterocycles. The van der Waals surface area contributed by atoms with Crippen molar-refractivity contribution in [3.05, 3.63) is 36.0 Å². The van der Waals surface area contributed by atoms with E-state index in [-0.39, 0.29) is 5.91 Å². The van der Waals surface area contributed by atoms with Crippen LogP contribution in [0.25, 0.3) is 0 Å². The van der Waals surface area contributed by atoms with Crippen molar-refractivity contribution in [3.63, 3.8) is 0 Å². The quantitative estimate of drug-likeness (QED) is 0.789. The summed E-state index contributed by atoms with van der Waals surface area (Å²) in [5.74, 6) is 1.97. The van der Waals surface area contributed by atoms with Crippen molar-refractivity contribution >= 4 is 11.6 Å². The number of morpholine rings is 1. The minimum absolute atomic E-state index is 0.00223. The molecule has 1 saturated heterocycles. The van der Waals surface area contributed by atoms with Gasteiger partial charge in [-0.3, -0.25) is 4.79 Å². The summed E-state index contributed by atoms with van der Waals surface area (Å²) in [6, 6.07) is 7.74. The molecule has 1 amide bonds. The average molecular weight is 372 g/mol. The van der Waals surface area contributed by atoms with E-state index in [2.05, 4.69) is 22.0 Å². The maximum Gasteiger partial charge on any atom is 0.265 e. The molecule has 1 atom stereocenters. The number of rotatable bonds is 5. The normalized spacial score (nSPS) is 19.5. The topological polar surface area (TPSA) is 80.9 Å². The Bertz CT molecular complexity index is 788. The first-order valence-electron chi connectivity index (χ1n) is 9.43. The standard InChI is InChI=1S/C19H24N4O4/c1-2-5-18-20-17(21-27-18)13-23-12-16(19(24)22-8-10-25-11-9-22)26-15-7-4-3-6-14(15)23/h3-4,6-7,16H,2,5,8-13H2,1H3/t16-/m1/s1. The molecule has 1 aromatic heterocycles. The minimum atomic E-state index is -0.556. The van der Waals surface area contributed by atoms with Gasteiger partial charge in [0.25, 0.3) is 5.91 Å². The Morgan fingerprint density at radius 2 is 2.07 bits per heavy atom. The molecule has 3 heterocycles. The molecule has 8 nitrogen and oxygen atoms in total. The van der Waals surface area contributed by atoms with Gasteiger partial charge >= 0.3 is 0 Å². The van der Waals surface area contributed by atoms with E-state index in [1.807, 2.05) is 29.2 Å². The van der Waals surface area contributed by atoms with Crippen LogP contribution < -0.4 is 9.64 Å². The number of aromatic nitrogens is 2. The van der Waals surface area contributed by atoms with Crippen LogP contribution in [0.3, 0.4) is 0 Å². The molecule has 0 aliphatic carbocycles. The summed E-state index contributed by atoms with van der Waals surface area (Å²) in [7, 11) is 0. The summed E-state index contributed by atoms with van der Waals surface area (Å²) in [5, 5.41) is 4.08. The fourth-order valence-electron chi connectivity index (χ4n) is 3.41. The molecule has 4 rings (SSSR count). The summed E-state index contributed by atoms with van der Waals surface area (Å²) in [6.07, 6.45) is 1.17. The Hall–Kier alpha value is -2.61. The van der Waals surface area contributed by atoms with Gasteiger partial charge in [-0.05, 0) is 18.6 Å². The SMILES string of the molecule is CCCc1nc(CN2C[C@H](C(=O)N3CCOCC3)Oc3ccccc32)no1. The van der Waals surface area contributed by atoms with Gasteiger partial charge in [-0.1, -0.05) is 24.2 Å². The second kappa shape index (κ2) is 7.96. The molecule has 0 N–H and O–H groups in total. The van der Waals surface area contributed by atoms with E-state index in [9.17, 15) is 4.79 Å². The van der Waals surface area contributed by atoms with Crippen LogP contribution in [0.1, 0.15) is 25.1 Å². The first-order valence-corrected chi connectivity index (χ1v) is 9.43. The number of carbonyl (C=O) groups excluding carboxylic acids is 1. The largest absolute Gasteiger partial charge is 0.477 e. The smallest absolute Gasteiger partial charge is 0.265 e. The number of amides is 1. The van der Waals surface area contributed by atoms with Gasteiger partial charge in [-0.15, -0.1) is 0 Å². The maximum atomic E-state index is 12.9. The number of nitrogens with zero attached hydrogens (tertiary/aromatic N) is 4. The van der Waals surface area contributed by atoms with E-state index in [4.69, 9.17) is 14.0 Å². The van der Waals surface area contributed by atoms with Gasteiger partial charge in [0.1, 0.15) is 5.75 Å². The van der Waals surface area contributed by atoms with Crippen molar-refractivity contribution in [2.75, 3.05) is 37.7 Å². The van der Waals surface area contributed by atoms with E-state index in [0.717, 1.165) is 18.5 Å². The number of ether oxygens (including phenoxy) is 2. The lowest BCUT2D eigenvalue weighted by Crippen LogP contribution is -2.52. The third-order valence-corrected chi connectivity index (χ3v) is 4.77. The van der Waals surface area contributed by atoms with E-state index in [1.165, 1.54) is 0 Å². The Morgan fingerprint density at radius 3 is 2.89 bits per heavy atom. The molecule has 2 aromatic rings. The number of benzene rings is 1. The molecular formula is C19H24N4O4. The molecule has 1 aromatic carbocycles. The molecule has 0 spiro atoms.